The molecule has 3 unspecified atom stereocenters. The normalized spacial score (nSPS) is 35.1. The lowest BCUT2D eigenvalue weighted by Gasteiger charge is -2.19. The molecule has 1 fully saturated rings. The highest BCUT2D eigenvalue weighted by Crippen LogP contribution is 2.30. The Kier molecular flexibility index (Phi) is 3.75. The predicted octanol–water partition coefficient (Wildman–Crippen LogP) is 0.347. The van der Waals surface area contributed by atoms with E-state index in [0.717, 1.165) is 19.6 Å². The SMILES string of the molecule is CN1CC(NCC2CNN=C2C2CCCS2)C=N1. The highest BCUT2D eigenvalue weighted by molar-refractivity contribution is 8.00. The molecule has 2 N–H and O–H groups in total. The lowest BCUT2D eigenvalue weighted by molar-refractivity contribution is 0.362. The second-order valence-corrected chi connectivity index (χ2v) is 6.53. The molecule has 100 valence electrons. The maximum atomic E-state index is 4.52. The largest absolute Gasteiger partial charge is 0.309 e. The Morgan fingerprint density at radius 1 is 1.61 bits per heavy atom. The van der Waals surface area contributed by atoms with Gasteiger partial charge in [-0.25, -0.2) is 0 Å². The van der Waals surface area contributed by atoms with Gasteiger partial charge in [-0.2, -0.15) is 22.0 Å². The Morgan fingerprint density at radius 2 is 2.56 bits per heavy atom. The first-order valence-corrected chi connectivity index (χ1v) is 7.78. The third-order valence-electron chi connectivity index (χ3n) is 3.75. The van der Waals surface area contributed by atoms with E-state index >= 15 is 0 Å². The van der Waals surface area contributed by atoms with Gasteiger partial charge in [-0.05, 0) is 18.6 Å². The van der Waals surface area contributed by atoms with Gasteiger partial charge in [-0.3, -0.25) is 5.01 Å². The molecule has 0 aromatic rings. The molecular formula is C12H21N5S. The molecule has 3 atom stereocenters. The van der Waals surface area contributed by atoms with Crippen LogP contribution in [0.15, 0.2) is 10.2 Å². The average Bonchev–Trinajstić information content (AvgIpc) is 3.07. The van der Waals surface area contributed by atoms with Gasteiger partial charge in [0.2, 0.25) is 0 Å². The topological polar surface area (TPSA) is 52.0 Å². The molecule has 0 amide bonds. The van der Waals surface area contributed by atoms with Gasteiger partial charge in [-0.15, -0.1) is 0 Å². The fourth-order valence-corrected chi connectivity index (χ4v) is 4.12. The standard InChI is InChI=1S/C12H21N5S/c1-17-8-10(7-15-17)13-5-9-6-14-16-12(9)11-3-2-4-18-11/h7,9-11,13-14H,2-6,8H2,1H3. The van der Waals surface area contributed by atoms with Gasteiger partial charge in [-0.1, -0.05) is 0 Å². The number of rotatable bonds is 4. The van der Waals surface area contributed by atoms with Crippen LogP contribution in [0.2, 0.25) is 0 Å². The van der Waals surface area contributed by atoms with Crippen molar-refractivity contribution in [3.63, 3.8) is 0 Å². The summed E-state index contributed by atoms with van der Waals surface area (Å²) in [6.07, 6.45) is 4.65. The molecule has 0 spiro atoms. The van der Waals surface area contributed by atoms with E-state index < -0.39 is 0 Å². The van der Waals surface area contributed by atoms with Crippen molar-refractivity contribution in [2.24, 2.45) is 16.1 Å². The Bertz CT molecular complexity index is 350. The van der Waals surface area contributed by atoms with Crippen LogP contribution in [-0.4, -0.2) is 60.7 Å². The molecule has 1 saturated heterocycles. The number of nitrogens with zero attached hydrogens (tertiary/aromatic N) is 3. The predicted molar refractivity (Wildman–Crippen MR) is 77.3 cm³/mol. The number of thioether (sulfide) groups is 1. The van der Waals surface area contributed by atoms with Crippen molar-refractivity contribution in [1.82, 2.24) is 15.8 Å². The summed E-state index contributed by atoms with van der Waals surface area (Å²) in [5.74, 6) is 1.85. The summed E-state index contributed by atoms with van der Waals surface area (Å²) in [5.41, 5.74) is 4.56. The molecule has 3 aliphatic heterocycles. The van der Waals surface area contributed by atoms with Gasteiger partial charge in [0.15, 0.2) is 0 Å². The van der Waals surface area contributed by atoms with Crippen LogP contribution in [0, 0.1) is 5.92 Å². The number of hydrazone groups is 2. The molecule has 5 nitrogen and oxygen atoms in total. The van der Waals surface area contributed by atoms with Gasteiger partial charge in [0.25, 0.3) is 0 Å². The Balaban J connectivity index is 1.50. The Hall–Kier alpha value is -0.750. The van der Waals surface area contributed by atoms with Crippen LogP contribution in [-0.2, 0) is 0 Å². The van der Waals surface area contributed by atoms with Crippen LogP contribution >= 0.6 is 11.8 Å². The molecular weight excluding hydrogens is 246 g/mol. The van der Waals surface area contributed by atoms with Gasteiger partial charge in [0.1, 0.15) is 0 Å². The van der Waals surface area contributed by atoms with Crippen LogP contribution in [0.1, 0.15) is 12.8 Å². The molecule has 0 bridgehead atoms. The summed E-state index contributed by atoms with van der Waals surface area (Å²) in [4.78, 5) is 0. The summed E-state index contributed by atoms with van der Waals surface area (Å²) in [6, 6.07) is 0.396. The van der Waals surface area contributed by atoms with E-state index in [1.807, 2.05) is 18.3 Å². The summed E-state index contributed by atoms with van der Waals surface area (Å²) in [5, 5.41) is 15.0. The van der Waals surface area contributed by atoms with Crippen LogP contribution in [0.5, 0.6) is 0 Å². The second kappa shape index (κ2) is 5.48. The van der Waals surface area contributed by atoms with Crippen molar-refractivity contribution in [3.05, 3.63) is 0 Å². The van der Waals surface area contributed by atoms with E-state index in [0.29, 0.717) is 17.2 Å². The molecule has 0 saturated carbocycles. The number of likely N-dealkylation sites (N-methyl/N-ethyl adjacent to an activating group) is 1. The van der Waals surface area contributed by atoms with Crippen molar-refractivity contribution in [2.75, 3.05) is 32.4 Å². The molecule has 3 aliphatic rings. The first-order valence-electron chi connectivity index (χ1n) is 6.73. The lowest BCUT2D eigenvalue weighted by Crippen LogP contribution is -2.41. The van der Waals surface area contributed by atoms with E-state index in [1.165, 1.54) is 24.3 Å². The quantitative estimate of drug-likeness (QED) is 0.771. The fraction of sp³-hybridized carbons (Fsp3) is 0.833. The van der Waals surface area contributed by atoms with Gasteiger partial charge >= 0.3 is 0 Å². The molecule has 18 heavy (non-hydrogen) atoms. The third-order valence-corrected chi connectivity index (χ3v) is 5.16. The van der Waals surface area contributed by atoms with Crippen LogP contribution in [0.4, 0.5) is 0 Å². The van der Waals surface area contributed by atoms with Gasteiger partial charge in [0.05, 0.1) is 18.3 Å². The van der Waals surface area contributed by atoms with Crippen molar-refractivity contribution < 1.29 is 0 Å². The number of hydrogen-bond donors (Lipinski definition) is 2. The number of nitrogens with one attached hydrogen (secondary N) is 2. The number of hydrogen-bond acceptors (Lipinski definition) is 6. The fourth-order valence-electron chi connectivity index (χ4n) is 2.75. The summed E-state index contributed by atoms with van der Waals surface area (Å²) >= 11 is 2.07. The minimum absolute atomic E-state index is 0.396. The zero-order valence-corrected chi connectivity index (χ0v) is 11.6. The maximum absolute atomic E-state index is 4.52. The molecule has 0 aromatic heterocycles. The van der Waals surface area contributed by atoms with Gasteiger partial charge in [0, 0.05) is 37.5 Å². The molecule has 3 rings (SSSR count). The second-order valence-electron chi connectivity index (χ2n) is 5.22. The molecule has 0 aromatic carbocycles. The van der Waals surface area contributed by atoms with Crippen LogP contribution < -0.4 is 10.7 Å². The Labute approximate surface area is 112 Å². The van der Waals surface area contributed by atoms with E-state index in [4.69, 9.17) is 0 Å². The van der Waals surface area contributed by atoms with Crippen molar-refractivity contribution >= 4 is 23.7 Å². The monoisotopic (exact) mass is 267 g/mol. The van der Waals surface area contributed by atoms with Crippen LogP contribution in [0.25, 0.3) is 0 Å². The zero-order chi connectivity index (χ0) is 12.4. The summed E-state index contributed by atoms with van der Waals surface area (Å²) in [7, 11) is 2.01. The minimum Gasteiger partial charge on any atom is -0.309 e. The van der Waals surface area contributed by atoms with E-state index in [2.05, 4.69) is 32.7 Å². The average molecular weight is 267 g/mol. The summed E-state index contributed by atoms with van der Waals surface area (Å²) < 4.78 is 0. The van der Waals surface area contributed by atoms with Crippen molar-refractivity contribution in [2.45, 2.75) is 24.1 Å². The van der Waals surface area contributed by atoms with Crippen LogP contribution in [0.3, 0.4) is 0 Å². The zero-order valence-electron chi connectivity index (χ0n) is 10.8. The van der Waals surface area contributed by atoms with E-state index in [9.17, 15) is 0 Å². The molecule has 0 aliphatic carbocycles. The first-order chi connectivity index (χ1) is 8.83. The van der Waals surface area contributed by atoms with Crippen molar-refractivity contribution in [1.29, 1.82) is 0 Å². The maximum Gasteiger partial charge on any atom is 0.0637 e. The van der Waals surface area contributed by atoms with E-state index in [1.54, 1.807) is 0 Å². The molecule has 6 heteroatoms. The Morgan fingerprint density at radius 3 is 3.28 bits per heavy atom. The highest BCUT2D eigenvalue weighted by Gasteiger charge is 2.31. The lowest BCUT2D eigenvalue weighted by atomic mass is 9.99. The summed E-state index contributed by atoms with van der Waals surface area (Å²) in [6.45, 7) is 2.97. The molecule has 3 heterocycles. The first kappa shape index (κ1) is 12.3. The molecule has 0 radical (unpaired) electrons. The van der Waals surface area contributed by atoms with Crippen molar-refractivity contribution in [3.8, 4) is 0 Å². The highest BCUT2D eigenvalue weighted by atomic mass is 32.2. The smallest absolute Gasteiger partial charge is 0.0637 e. The third kappa shape index (κ3) is 2.64. The minimum atomic E-state index is 0.396. The van der Waals surface area contributed by atoms with Gasteiger partial charge < -0.3 is 10.7 Å². The van der Waals surface area contributed by atoms with E-state index in [-0.39, 0.29) is 0 Å².